The molecule has 0 bridgehead atoms. The molecule has 170 valence electrons. The minimum atomic E-state index is -0.396. The number of ether oxygens (including phenoxy) is 1. The van der Waals surface area contributed by atoms with E-state index in [2.05, 4.69) is 17.4 Å². The third kappa shape index (κ3) is 5.03. The largest absolute Gasteiger partial charge is 0.466 e. The van der Waals surface area contributed by atoms with Gasteiger partial charge in [0, 0.05) is 12.2 Å². The number of rotatable bonds is 8. The van der Waals surface area contributed by atoms with Crippen LogP contribution in [0.1, 0.15) is 36.9 Å². The summed E-state index contributed by atoms with van der Waals surface area (Å²) in [5.41, 5.74) is 4.20. The van der Waals surface area contributed by atoms with Crippen LogP contribution < -0.4 is 5.32 Å². The summed E-state index contributed by atoms with van der Waals surface area (Å²) in [5, 5.41) is 5.75. The lowest BCUT2D eigenvalue weighted by Gasteiger charge is -2.36. The number of amidine groups is 1. The van der Waals surface area contributed by atoms with Crippen LogP contribution in [0.25, 0.3) is 0 Å². The lowest BCUT2D eigenvalue weighted by atomic mass is 9.93. The quantitative estimate of drug-likeness (QED) is 0.583. The maximum Gasteiger partial charge on any atom is 0.338 e. The number of carbonyl (C=O) groups is 2. The predicted octanol–water partition coefficient (Wildman–Crippen LogP) is 4.57. The number of esters is 1. The molecule has 0 radical (unpaired) electrons. The summed E-state index contributed by atoms with van der Waals surface area (Å²) in [6, 6.07) is 19.5. The molecular weight excluding hydrogens is 434 g/mol. The van der Waals surface area contributed by atoms with E-state index in [-0.39, 0.29) is 18.4 Å². The Labute approximate surface area is 198 Å². The maximum absolute atomic E-state index is 12.8. The summed E-state index contributed by atoms with van der Waals surface area (Å²) in [7, 11) is 1.39. The van der Waals surface area contributed by atoms with Crippen molar-refractivity contribution in [3.05, 3.63) is 94.2 Å². The molecule has 2 aliphatic rings. The Morgan fingerprint density at radius 1 is 1.09 bits per heavy atom. The van der Waals surface area contributed by atoms with Crippen LogP contribution in [0.2, 0.25) is 0 Å². The third-order valence-electron chi connectivity index (χ3n) is 5.66. The van der Waals surface area contributed by atoms with E-state index >= 15 is 0 Å². The SMILES string of the molecule is CCC1=C(C(=O)OC)C(c2ccccc2)N2C(CC(=O)NCCc3ccccc3)=CSC2=N1. The van der Waals surface area contributed by atoms with E-state index in [1.165, 1.54) is 24.4 Å². The first kappa shape index (κ1) is 22.9. The predicted molar refractivity (Wildman–Crippen MR) is 131 cm³/mol. The second kappa shape index (κ2) is 10.5. The fraction of sp³-hybridized carbons (Fsp3) is 0.269. The number of hydrogen-bond acceptors (Lipinski definition) is 6. The molecular formula is C26H27N3O3S. The van der Waals surface area contributed by atoms with Crippen LogP contribution in [0.15, 0.2) is 88.0 Å². The maximum atomic E-state index is 12.8. The first-order valence-corrected chi connectivity index (χ1v) is 11.9. The van der Waals surface area contributed by atoms with Gasteiger partial charge in [-0.1, -0.05) is 79.3 Å². The lowest BCUT2D eigenvalue weighted by molar-refractivity contribution is -0.136. The number of hydrogen-bond donors (Lipinski definition) is 1. The van der Waals surface area contributed by atoms with Gasteiger partial charge in [0.15, 0.2) is 5.17 Å². The van der Waals surface area contributed by atoms with Crippen LogP contribution in [0, 0.1) is 0 Å². The number of nitrogens with zero attached hydrogens (tertiary/aromatic N) is 2. The van der Waals surface area contributed by atoms with Crippen molar-refractivity contribution in [2.45, 2.75) is 32.2 Å². The minimum Gasteiger partial charge on any atom is -0.466 e. The van der Waals surface area contributed by atoms with Crippen molar-refractivity contribution in [3.63, 3.8) is 0 Å². The second-order valence-electron chi connectivity index (χ2n) is 7.77. The van der Waals surface area contributed by atoms with Gasteiger partial charge >= 0.3 is 5.97 Å². The molecule has 1 atom stereocenters. The van der Waals surface area contributed by atoms with E-state index in [1.54, 1.807) is 0 Å². The molecule has 0 aromatic heterocycles. The molecule has 7 heteroatoms. The molecule has 0 aliphatic carbocycles. The molecule has 2 heterocycles. The molecule has 1 unspecified atom stereocenters. The average molecular weight is 462 g/mol. The Bertz CT molecular complexity index is 1110. The van der Waals surface area contributed by atoms with Crippen LogP contribution in [0.5, 0.6) is 0 Å². The molecule has 0 saturated heterocycles. The van der Waals surface area contributed by atoms with E-state index in [0.717, 1.165) is 28.5 Å². The summed E-state index contributed by atoms with van der Waals surface area (Å²) in [5.74, 6) is -0.456. The first-order chi connectivity index (χ1) is 16.1. The Morgan fingerprint density at radius 2 is 1.79 bits per heavy atom. The number of amides is 1. The molecule has 33 heavy (non-hydrogen) atoms. The van der Waals surface area contributed by atoms with Crippen molar-refractivity contribution < 1.29 is 14.3 Å². The highest BCUT2D eigenvalue weighted by molar-refractivity contribution is 8.16. The van der Waals surface area contributed by atoms with E-state index in [9.17, 15) is 9.59 Å². The molecule has 0 spiro atoms. The standard InChI is InChI=1S/C26H27N3O3S/c1-3-21-23(25(31)32-2)24(19-12-8-5-9-13-19)29-20(17-33-26(29)28-21)16-22(30)27-15-14-18-10-6-4-7-11-18/h4-13,17,24H,3,14-16H2,1-2H3,(H,27,30). The summed E-state index contributed by atoms with van der Waals surface area (Å²) >= 11 is 1.48. The van der Waals surface area contributed by atoms with E-state index in [0.29, 0.717) is 18.5 Å². The Balaban J connectivity index is 1.55. The fourth-order valence-electron chi connectivity index (χ4n) is 4.08. The topological polar surface area (TPSA) is 71.0 Å². The number of aliphatic imine (C=N–C) groups is 1. The van der Waals surface area contributed by atoms with Gasteiger partial charge in [0.05, 0.1) is 30.8 Å². The molecule has 1 amide bonds. The average Bonchev–Trinajstić information content (AvgIpc) is 3.25. The fourth-order valence-corrected chi connectivity index (χ4v) is 5.02. The molecule has 0 saturated carbocycles. The Kier molecular flexibility index (Phi) is 7.29. The van der Waals surface area contributed by atoms with Gasteiger partial charge in [-0.2, -0.15) is 0 Å². The van der Waals surface area contributed by atoms with Crippen molar-refractivity contribution in [2.24, 2.45) is 4.99 Å². The Morgan fingerprint density at radius 3 is 2.45 bits per heavy atom. The number of methoxy groups -OCH3 is 1. The number of thioether (sulfide) groups is 1. The highest BCUT2D eigenvalue weighted by Crippen LogP contribution is 2.45. The van der Waals surface area contributed by atoms with Crippen molar-refractivity contribution in [3.8, 4) is 0 Å². The van der Waals surface area contributed by atoms with Crippen molar-refractivity contribution in [1.82, 2.24) is 10.2 Å². The molecule has 4 rings (SSSR count). The van der Waals surface area contributed by atoms with Crippen LogP contribution in [0.4, 0.5) is 0 Å². The summed E-state index contributed by atoms with van der Waals surface area (Å²) in [6.07, 6.45) is 1.60. The molecule has 2 aromatic rings. The van der Waals surface area contributed by atoms with E-state index < -0.39 is 5.97 Å². The monoisotopic (exact) mass is 461 g/mol. The second-order valence-corrected chi connectivity index (χ2v) is 8.61. The van der Waals surface area contributed by atoms with Gasteiger partial charge < -0.3 is 15.0 Å². The van der Waals surface area contributed by atoms with E-state index in [4.69, 9.17) is 9.73 Å². The number of carbonyl (C=O) groups excluding carboxylic acids is 2. The zero-order valence-corrected chi connectivity index (χ0v) is 19.6. The van der Waals surface area contributed by atoms with Crippen LogP contribution in [0.3, 0.4) is 0 Å². The van der Waals surface area contributed by atoms with Crippen molar-refractivity contribution in [1.29, 1.82) is 0 Å². The number of allylic oxidation sites excluding steroid dienone is 1. The van der Waals surface area contributed by atoms with Crippen LogP contribution in [-0.2, 0) is 20.7 Å². The molecule has 2 aliphatic heterocycles. The van der Waals surface area contributed by atoms with Gasteiger partial charge in [0.25, 0.3) is 0 Å². The van der Waals surface area contributed by atoms with Crippen LogP contribution in [-0.4, -0.2) is 35.6 Å². The number of benzene rings is 2. The van der Waals surface area contributed by atoms with Gasteiger partial charge in [-0.15, -0.1) is 0 Å². The zero-order valence-electron chi connectivity index (χ0n) is 18.8. The zero-order chi connectivity index (χ0) is 23.2. The van der Waals surface area contributed by atoms with Crippen LogP contribution >= 0.6 is 11.8 Å². The number of nitrogens with one attached hydrogen (secondary N) is 1. The van der Waals surface area contributed by atoms with E-state index in [1.807, 2.05) is 65.8 Å². The minimum absolute atomic E-state index is 0.0595. The highest BCUT2D eigenvalue weighted by atomic mass is 32.2. The third-order valence-corrected chi connectivity index (χ3v) is 6.55. The Hall–Kier alpha value is -3.32. The van der Waals surface area contributed by atoms with Gasteiger partial charge in [0.2, 0.25) is 5.91 Å². The van der Waals surface area contributed by atoms with Crippen molar-refractivity contribution in [2.75, 3.05) is 13.7 Å². The smallest absolute Gasteiger partial charge is 0.338 e. The summed E-state index contributed by atoms with van der Waals surface area (Å²) in [6.45, 7) is 2.55. The number of fused-ring (bicyclic) bond motifs is 1. The van der Waals surface area contributed by atoms with Gasteiger partial charge in [-0.25, -0.2) is 9.79 Å². The highest BCUT2D eigenvalue weighted by Gasteiger charge is 2.41. The molecule has 2 aromatic carbocycles. The molecule has 6 nitrogen and oxygen atoms in total. The summed E-state index contributed by atoms with van der Waals surface area (Å²) in [4.78, 5) is 32.4. The van der Waals surface area contributed by atoms with Gasteiger partial charge in [-0.3, -0.25) is 4.79 Å². The molecule has 1 N–H and O–H groups in total. The first-order valence-electron chi connectivity index (χ1n) is 11.0. The summed E-state index contributed by atoms with van der Waals surface area (Å²) < 4.78 is 5.14. The molecule has 0 fully saturated rings. The van der Waals surface area contributed by atoms with Gasteiger partial charge in [0.1, 0.15) is 0 Å². The lowest BCUT2D eigenvalue weighted by Crippen LogP contribution is -2.38. The van der Waals surface area contributed by atoms with Crippen molar-refractivity contribution >= 4 is 28.8 Å². The normalized spacial score (nSPS) is 17.3. The van der Waals surface area contributed by atoms with Gasteiger partial charge in [-0.05, 0) is 29.4 Å².